The van der Waals surface area contributed by atoms with E-state index in [4.69, 9.17) is 9.47 Å². The number of carbonyl (C=O) groups excluding carboxylic acids is 1. The van der Waals surface area contributed by atoms with Gasteiger partial charge in [-0.25, -0.2) is 13.1 Å². The number of likely N-dealkylation sites (tertiary alicyclic amines) is 1. The molecule has 0 radical (unpaired) electrons. The number of amides is 1. The SMILES string of the molecule is Cc1cc(NC(=O)CN2CCCC(C3OCCO3)C2)n(C2CCS(=O)(=O)C2)n1. The van der Waals surface area contributed by atoms with Gasteiger partial charge in [0.15, 0.2) is 16.1 Å². The van der Waals surface area contributed by atoms with E-state index < -0.39 is 9.84 Å². The molecule has 3 aliphatic rings. The number of piperidine rings is 1. The van der Waals surface area contributed by atoms with Crippen molar-refractivity contribution in [2.45, 2.75) is 38.5 Å². The first-order valence-electron chi connectivity index (χ1n) is 9.91. The zero-order valence-electron chi connectivity index (χ0n) is 16.2. The highest BCUT2D eigenvalue weighted by Gasteiger charge is 2.33. The Kier molecular flexibility index (Phi) is 5.73. The summed E-state index contributed by atoms with van der Waals surface area (Å²) in [6.07, 6.45) is 2.43. The number of nitrogens with one attached hydrogen (secondary N) is 1. The fourth-order valence-corrected chi connectivity index (χ4v) is 6.04. The van der Waals surface area contributed by atoms with Gasteiger partial charge in [-0.15, -0.1) is 0 Å². The molecule has 1 aromatic rings. The first-order valence-corrected chi connectivity index (χ1v) is 11.7. The summed E-state index contributed by atoms with van der Waals surface area (Å²) in [5, 5.41) is 7.34. The van der Waals surface area contributed by atoms with Crippen LogP contribution in [0.4, 0.5) is 5.82 Å². The number of nitrogens with zero attached hydrogens (tertiary/aromatic N) is 3. The average molecular weight is 413 g/mol. The number of carbonyl (C=O) groups is 1. The zero-order chi connectivity index (χ0) is 19.7. The number of hydrogen-bond acceptors (Lipinski definition) is 7. The lowest BCUT2D eigenvalue weighted by Gasteiger charge is -2.34. The van der Waals surface area contributed by atoms with Crippen LogP contribution in [0.5, 0.6) is 0 Å². The number of rotatable bonds is 5. The minimum atomic E-state index is -3.02. The van der Waals surface area contributed by atoms with Gasteiger partial charge in [0, 0.05) is 18.5 Å². The van der Waals surface area contributed by atoms with Crippen LogP contribution in [-0.4, -0.2) is 79.6 Å². The molecule has 3 aliphatic heterocycles. The number of hydrogen-bond donors (Lipinski definition) is 1. The molecule has 10 heteroatoms. The van der Waals surface area contributed by atoms with Gasteiger partial charge in [-0.2, -0.15) is 5.10 Å². The van der Waals surface area contributed by atoms with Crippen LogP contribution in [0.1, 0.15) is 31.0 Å². The highest BCUT2D eigenvalue weighted by molar-refractivity contribution is 7.91. The van der Waals surface area contributed by atoms with E-state index in [1.54, 1.807) is 10.7 Å². The van der Waals surface area contributed by atoms with Gasteiger partial charge in [-0.3, -0.25) is 9.69 Å². The van der Waals surface area contributed by atoms with Gasteiger partial charge in [0.25, 0.3) is 0 Å². The molecule has 0 aromatic carbocycles. The zero-order valence-corrected chi connectivity index (χ0v) is 17.0. The molecule has 9 nitrogen and oxygen atoms in total. The van der Waals surface area contributed by atoms with Crippen LogP contribution in [0.25, 0.3) is 0 Å². The molecule has 156 valence electrons. The van der Waals surface area contributed by atoms with E-state index in [2.05, 4.69) is 15.3 Å². The molecule has 0 spiro atoms. The smallest absolute Gasteiger partial charge is 0.239 e. The first-order chi connectivity index (χ1) is 13.4. The molecule has 3 fully saturated rings. The number of aryl methyl sites for hydroxylation is 1. The molecule has 2 atom stereocenters. The Morgan fingerprint density at radius 2 is 2.11 bits per heavy atom. The maximum Gasteiger partial charge on any atom is 0.239 e. The lowest BCUT2D eigenvalue weighted by atomic mass is 9.97. The Morgan fingerprint density at radius 1 is 1.32 bits per heavy atom. The summed E-state index contributed by atoms with van der Waals surface area (Å²) in [5.41, 5.74) is 0.758. The van der Waals surface area contributed by atoms with Gasteiger partial charge in [-0.05, 0) is 32.7 Å². The molecule has 0 saturated carbocycles. The van der Waals surface area contributed by atoms with E-state index in [0.717, 1.165) is 31.6 Å². The number of aromatic nitrogens is 2. The molecule has 4 heterocycles. The van der Waals surface area contributed by atoms with Crippen molar-refractivity contribution in [1.29, 1.82) is 0 Å². The number of sulfone groups is 1. The summed E-state index contributed by atoms with van der Waals surface area (Å²) < 4.78 is 36.5. The van der Waals surface area contributed by atoms with E-state index in [-0.39, 0.29) is 36.3 Å². The molecule has 1 amide bonds. The van der Waals surface area contributed by atoms with Crippen molar-refractivity contribution in [3.63, 3.8) is 0 Å². The summed E-state index contributed by atoms with van der Waals surface area (Å²) in [5.74, 6) is 0.994. The lowest BCUT2D eigenvalue weighted by Crippen LogP contribution is -2.44. The van der Waals surface area contributed by atoms with Crippen molar-refractivity contribution >= 4 is 21.6 Å². The van der Waals surface area contributed by atoms with Crippen molar-refractivity contribution in [2.24, 2.45) is 5.92 Å². The van der Waals surface area contributed by atoms with Crippen LogP contribution in [0.2, 0.25) is 0 Å². The van der Waals surface area contributed by atoms with Crippen molar-refractivity contribution in [1.82, 2.24) is 14.7 Å². The minimum absolute atomic E-state index is 0.0756. The Balaban J connectivity index is 1.36. The van der Waals surface area contributed by atoms with Gasteiger partial charge >= 0.3 is 0 Å². The van der Waals surface area contributed by atoms with Crippen LogP contribution in [-0.2, 0) is 24.1 Å². The highest BCUT2D eigenvalue weighted by atomic mass is 32.2. The summed E-state index contributed by atoms with van der Waals surface area (Å²) in [7, 11) is -3.02. The predicted octanol–water partition coefficient (Wildman–Crippen LogP) is 0.575. The van der Waals surface area contributed by atoms with E-state index in [1.807, 2.05) is 6.92 Å². The van der Waals surface area contributed by atoms with E-state index in [1.165, 1.54) is 0 Å². The third kappa shape index (κ3) is 4.56. The summed E-state index contributed by atoms with van der Waals surface area (Å²) >= 11 is 0. The second-order valence-corrected chi connectivity index (χ2v) is 10.2. The van der Waals surface area contributed by atoms with E-state index in [9.17, 15) is 13.2 Å². The maximum absolute atomic E-state index is 12.6. The van der Waals surface area contributed by atoms with Crippen molar-refractivity contribution in [3.8, 4) is 0 Å². The van der Waals surface area contributed by atoms with Crippen molar-refractivity contribution in [2.75, 3.05) is 49.7 Å². The fraction of sp³-hybridized carbons (Fsp3) is 0.778. The third-order valence-corrected chi connectivity index (χ3v) is 7.37. The molecule has 3 saturated heterocycles. The summed E-state index contributed by atoms with van der Waals surface area (Å²) in [6, 6.07) is 1.58. The second-order valence-electron chi connectivity index (χ2n) is 7.97. The maximum atomic E-state index is 12.6. The molecule has 28 heavy (non-hydrogen) atoms. The van der Waals surface area contributed by atoms with Crippen LogP contribution < -0.4 is 5.32 Å². The van der Waals surface area contributed by atoms with Crippen LogP contribution >= 0.6 is 0 Å². The Morgan fingerprint density at radius 3 is 2.82 bits per heavy atom. The topological polar surface area (TPSA) is 103 Å². The van der Waals surface area contributed by atoms with Gasteiger partial charge in [0.05, 0.1) is 43.0 Å². The standard InChI is InChI=1S/C18H28N4O5S/c1-13-9-16(22(20-13)15-4-8-28(24,25)12-15)19-17(23)11-21-5-2-3-14(10-21)18-26-6-7-27-18/h9,14-15,18H,2-8,10-12H2,1H3,(H,19,23). The quantitative estimate of drug-likeness (QED) is 0.754. The van der Waals surface area contributed by atoms with Crippen LogP contribution in [0.3, 0.4) is 0 Å². The molecular weight excluding hydrogens is 384 g/mol. The average Bonchev–Trinajstić information content (AvgIpc) is 3.35. The molecule has 1 N–H and O–H groups in total. The largest absolute Gasteiger partial charge is 0.350 e. The fourth-order valence-electron chi connectivity index (χ4n) is 4.35. The highest BCUT2D eigenvalue weighted by Crippen LogP contribution is 2.28. The van der Waals surface area contributed by atoms with Crippen molar-refractivity contribution < 1.29 is 22.7 Å². The molecule has 4 rings (SSSR count). The molecule has 0 aliphatic carbocycles. The minimum Gasteiger partial charge on any atom is -0.350 e. The Labute approximate surface area is 165 Å². The Hall–Kier alpha value is -1.49. The summed E-state index contributed by atoms with van der Waals surface area (Å²) in [6.45, 7) is 5.06. The normalized spacial score (nSPS) is 28.6. The van der Waals surface area contributed by atoms with Crippen LogP contribution in [0, 0.1) is 12.8 Å². The first kappa shape index (κ1) is 19.8. The predicted molar refractivity (Wildman–Crippen MR) is 103 cm³/mol. The summed E-state index contributed by atoms with van der Waals surface area (Å²) in [4.78, 5) is 14.8. The lowest BCUT2D eigenvalue weighted by molar-refractivity contribution is -0.121. The van der Waals surface area contributed by atoms with Gasteiger partial charge < -0.3 is 14.8 Å². The van der Waals surface area contributed by atoms with Gasteiger partial charge in [0.1, 0.15) is 5.82 Å². The van der Waals surface area contributed by atoms with E-state index in [0.29, 0.717) is 31.4 Å². The monoisotopic (exact) mass is 412 g/mol. The van der Waals surface area contributed by atoms with Crippen LogP contribution in [0.15, 0.2) is 6.07 Å². The molecule has 0 bridgehead atoms. The molecule has 2 unspecified atom stereocenters. The molecular formula is C18H28N4O5S. The number of anilines is 1. The third-order valence-electron chi connectivity index (χ3n) is 5.62. The second kappa shape index (κ2) is 8.10. The Bertz CT molecular complexity index is 818. The number of ether oxygens (including phenoxy) is 2. The van der Waals surface area contributed by atoms with Gasteiger partial charge in [-0.1, -0.05) is 0 Å². The van der Waals surface area contributed by atoms with E-state index >= 15 is 0 Å². The van der Waals surface area contributed by atoms with Gasteiger partial charge in [0.2, 0.25) is 5.91 Å². The molecule has 1 aromatic heterocycles. The van der Waals surface area contributed by atoms with Crippen molar-refractivity contribution in [3.05, 3.63) is 11.8 Å².